The molecule has 1 saturated heterocycles. The van der Waals surface area contributed by atoms with Crippen molar-refractivity contribution in [2.75, 3.05) is 20.3 Å². The molecule has 0 aliphatic carbocycles. The molecule has 1 aromatic carbocycles. The lowest BCUT2D eigenvalue weighted by molar-refractivity contribution is 0.00548. The second kappa shape index (κ2) is 5.93. The molecule has 0 amide bonds. The van der Waals surface area contributed by atoms with Gasteiger partial charge in [-0.1, -0.05) is 12.1 Å². The molecule has 1 aromatic rings. The van der Waals surface area contributed by atoms with Crippen molar-refractivity contribution in [1.29, 1.82) is 0 Å². The fourth-order valence-corrected chi connectivity index (χ4v) is 3.10. The highest BCUT2D eigenvalue weighted by Gasteiger charge is 2.21. The van der Waals surface area contributed by atoms with Gasteiger partial charge in [-0.15, -0.1) is 0 Å². The van der Waals surface area contributed by atoms with Crippen LogP contribution in [0.4, 0.5) is 0 Å². The molecule has 0 bridgehead atoms. The van der Waals surface area contributed by atoms with Crippen molar-refractivity contribution in [2.45, 2.75) is 44.2 Å². The van der Waals surface area contributed by atoms with E-state index in [1.165, 1.54) is 30.4 Å². The minimum absolute atomic E-state index is 0.383. The van der Waals surface area contributed by atoms with Crippen LogP contribution in [0.3, 0.4) is 0 Å². The molecule has 3 nitrogen and oxygen atoms in total. The summed E-state index contributed by atoms with van der Waals surface area (Å²) in [6, 6.07) is 6.98. The first-order chi connectivity index (χ1) is 9.36. The molecule has 104 valence electrons. The van der Waals surface area contributed by atoms with Crippen LogP contribution in [0.15, 0.2) is 18.2 Å². The topological polar surface area (TPSA) is 30.5 Å². The SMILES string of the molecule is CNC(CC1CCCCO1)c1ccc2c(c1)CCO2. The number of nitrogens with one attached hydrogen (secondary N) is 1. The summed E-state index contributed by atoms with van der Waals surface area (Å²) in [7, 11) is 2.04. The van der Waals surface area contributed by atoms with Crippen molar-refractivity contribution >= 4 is 0 Å². The lowest BCUT2D eigenvalue weighted by atomic mass is 9.95. The molecule has 0 aromatic heterocycles. The Morgan fingerprint density at radius 1 is 1.32 bits per heavy atom. The maximum absolute atomic E-state index is 5.86. The summed E-state index contributed by atoms with van der Waals surface area (Å²) in [6.45, 7) is 1.76. The highest BCUT2D eigenvalue weighted by atomic mass is 16.5. The summed E-state index contributed by atoms with van der Waals surface area (Å²) in [4.78, 5) is 0. The van der Waals surface area contributed by atoms with E-state index in [4.69, 9.17) is 9.47 Å². The van der Waals surface area contributed by atoms with Gasteiger partial charge in [0, 0.05) is 19.1 Å². The van der Waals surface area contributed by atoms with Gasteiger partial charge in [-0.2, -0.15) is 0 Å². The molecule has 2 atom stereocenters. The van der Waals surface area contributed by atoms with Crippen molar-refractivity contribution in [3.05, 3.63) is 29.3 Å². The van der Waals surface area contributed by atoms with Crippen LogP contribution >= 0.6 is 0 Å². The molecular formula is C16H23NO2. The number of rotatable bonds is 4. The Balaban J connectivity index is 1.70. The van der Waals surface area contributed by atoms with E-state index in [0.717, 1.165) is 31.8 Å². The van der Waals surface area contributed by atoms with E-state index >= 15 is 0 Å². The van der Waals surface area contributed by atoms with Gasteiger partial charge in [-0.3, -0.25) is 0 Å². The zero-order valence-corrected chi connectivity index (χ0v) is 11.7. The molecule has 2 aliphatic rings. The molecule has 2 unspecified atom stereocenters. The first-order valence-corrected chi connectivity index (χ1v) is 7.41. The minimum atomic E-state index is 0.383. The average Bonchev–Trinajstić information content (AvgIpc) is 2.93. The van der Waals surface area contributed by atoms with Crippen LogP contribution in [-0.2, 0) is 11.2 Å². The van der Waals surface area contributed by atoms with Crippen molar-refractivity contribution in [2.24, 2.45) is 0 Å². The quantitative estimate of drug-likeness (QED) is 0.904. The van der Waals surface area contributed by atoms with Crippen molar-refractivity contribution in [1.82, 2.24) is 5.32 Å². The number of benzene rings is 1. The lowest BCUT2D eigenvalue weighted by Gasteiger charge is -2.27. The van der Waals surface area contributed by atoms with E-state index in [2.05, 4.69) is 23.5 Å². The van der Waals surface area contributed by atoms with Crippen molar-refractivity contribution < 1.29 is 9.47 Å². The summed E-state index contributed by atoms with van der Waals surface area (Å²) in [5.74, 6) is 1.06. The Hall–Kier alpha value is -1.06. The third kappa shape index (κ3) is 2.93. The van der Waals surface area contributed by atoms with Gasteiger partial charge in [0.1, 0.15) is 5.75 Å². The van der Waals surface area contributed by atoms with Crippen LogP contribution in [0.2, 0.25) is 0 Å². The van der Waals surface area contributed by atoms with E-state index in [0.29, 0.717) is 12.1 Å². The second-order valence-electron chi connectivity index (χ2n) is 5.53. The van der Waals surface area contributed by atoms with E-state index in [-0.39, 0.29) is 0 Å². The largest absolute Gasteiger partial charge is 0.493 e. The van der Waals surface area contributed by atoms with Gasteiger partial charge < -0.3 is 14.8 Å². The van der Waals surface area contributed by atoms with Gasteiger partial charge in [0.25, 0.3) is 0 Å². The number of fused-ring (bicyclic) bond motifs is 1. The maximum atomic E-state index is 5.86. The third-order valence-electron chi connectivity index (χ3n) is 4.24. The Morgan fingerprint density at radius 3 is 3.05 bits per heavy atom. The molecule has 1 fully saturated rings. The fraction of sp³-hybridized carbons (Fsp3) is 0.625. The highest BCUT2D eigenvalue weighted by Crippen LogP contribution is 2.30. The molecular weight excluding hydrogens is 238 g/mol. The Bertz CT molecular complexity index is 427. The van der Waals surface area contributed by atoms with Crippen LogP contribution in [0.5, 0.6) is 5.75 Å². The standard InChI is InChI=1S/C16H23NO2/c1-17-15(11-14-4-2-3-8-18-14)12-5-6-16-13(10-12)7-9-19-16/h5-6,10,14-15,17H,2-4,7-9,11H2,1H3. The molecule has 3 rings (SSSR count). The number of hydrogen-bond acceptors (Lipinski definition) is 3. The van der Waals surface area contributed by atoms with E-state index in [1.807, 2.05) is 7.05 Å². The van der Waals surface area contributed by atoms with Crippen LogP contribution in [0, 0.1) is 0 Å². The normalized spacial score (nSPS) is 23.7. The summed E-state index contributed by atoms with van der Waals surface area (Å²) in [6.07, 6.45) is 6.24. The molecule has 1 N–H and O–H groups in total. The molecule has 3 heteroatoms. The van der Waals surface area contributed by atoms with Gasteiger partial charge >= 0.3 is 0 Å². The molecule has 2 aliphatic heterocycles. The third-order valence-corrected chi connectivity index (χ3v) is 4.24. The monoisotopic (exact) mass is 261 g/mol. The Kier molecular flexibility index (Phi) is 4.04. The van der Waals surface area contributed by atoms with Gasteiger partial charge in [0.15, 0.2) is 0 Å². The van der Waals surface area contributed by atoms with Gasteiger partial charge in [-0.05, 0) is 49.9 Å². The van der Waals surface area contributed by atoms with E-state index in [9.17, 15) is 0 Å². The van der Waals surface area contributed by atoms with Crippen LogP contribution < -0.4 is 10.1 Å². The first-order valence-electron chi connectivity index (χ1n) is 7.41. The minimum Gasteiger partial charge on any atom is -0.493 e. The molecule has 0 saturated carbocycles. The van der Waals surface area contributed by atoms with Crippen molar-refractivity contribution in [3.63, 3.8) is 0 Å². The molecule has 0 radical (unpaired) electrons. The van der Waals surface area contributed by atoms with Crippen LogP contribution in [-0.4, -0.2) is 26.4 Å². The zero-order valence-electron chi connectivity index (χ0n) is 11.7. The zero-order chi connectivity index (χ0) is 13.1. The molecule has 0 spiro atoms. The van der Waals surface area contributed by atoms with Gasteiger partial charge in [0.05, 0.1) is 12.7 Å². The highest BCUT2D eigenvalue weighted by molar-refractivity contribution is 5.40. The summed E-state index contributed by atoms with van der Waals surface area (Å²) in [5, 5.41) is 3.44. The smallest absolute Gasteiger partial charge is 0.122 e. The van der Waals surface area contributed by atoms with Gasteiger partial charge in [-0.25, -0.2) is 0 Å². The fourth-order valence-electron chi connectivity index (χ4n) is 3.10. The van der Waals surface area contributed by atoms with Gasteiger partial charge in [0.2, 0.25) is 0 Å². The summed E-state index contributed by atoms with van der Waals surface area (Å²) >= 11 is 0. The molecule has 19 heavy (non-hydrogen) atoms. The summed E-state index contributed by atoms with van der Waals surface area (Å²) in [5.41, 5.74) is 2.71. The molecule has 2 heterocycles. The Labute approximate surface area is 115 Å². The maximum Gasteiger partial charge on any atom is 0.122 e. The van der Waals surface area contributed by atoms with Crippen LogP contribution in [0.1, 0.15) is 42.9 Å². The summed E-state index contributed by atoms with van der Waals surface area (Å²) < 4.78 is 11.4. The first kappa shape index (κ1) is 12.9. The predicted octanol–water partition coefficient (Wildman–Crippen LogP) is 2.84. The average molecular weight is 261 g/mol. The lowest BCUT2D eigenvalue weighted by Crippen LogP contribution is -2.26. The van der Waals surface area contributed by atoms with E-state index in [1.54, 1.807) is 0 Å². The predicted molar refractivity (Wildman–Crippen MR) is 75.6 cm³/mol. The van der Waals surface area contributed by atoms with E-state index < -0.39 is 0 Å². The Morgan fingerprint density at radius 2 is 2.26 bits per heavy atom. The number of hydrogen-bond donors (Lipinski definition) is 1. The van der Waals surface area contributed by atoms with Crippen molar-refractivity contribution in [3.8, 4) is 5.75 Å². The second-order valence-corrected chi connectivity index (χ2v) is 5.53. The van der Waals surface area contributed by atoms with Crippen LogP contribution in [0.25, 0.3) is 0 Å². The number of ether oxygens (including phenoxy) is 2.